The Balaban J connectivity index is 2.49. The van der Waals surface area contributed by atoms with Crippen LogP contribution in [0.15, 0.2) is 23.8 Å². The van der Waals surface area contributed by atoms with Crippen molar-refractivity contribution in [2.75, 3.05) is 6.61 Å². The number of nitro groups is 1. The standard InChI is InChI=1S/C13H12INO5/c1-2-19-13(16)9-6-8-4-3-5-10(15(17)18)12(8)20-11(14)7-9/h3-6,11H,2,7H2,1H3. The van der Waals surface area contributed by atoms with E-state index in [9.17, 15) is 14.9 Å². The van der Waals surface area contributed by atoms with E-state index in [0.717, 1.165) is 0 Å². The molecule has 1 aromatic rings. The summed E-state index contributed by atoms with van der Waals surface area (Å²) in [5.74, 6) is -0.228. The lowest BCUT2D eigenvalue weighted by Gasteiger charge is -2.12. The fourth-order valence-corrected chi connectivity index (χ4v) is 2.61. The number of benzene rings is 1. The van der Waals surface area contributed by atoms with E-state index in [-0.39, 0.29) is 22.2 Å². The highest BCUT2D eigenvalue weighted by atomic mass is 127. The van der Waals surface area contributed by atoms with E-state index in [4.69, 9.17) is 9.47 Å². The molecule has 6 nitrogen and oxygen atoms in total. The molecular weight excluding hydrogens is 377 g/mol. The molecule has 2 rings (SSSR count). The molecule has 0 amide bonds. The summed E-state index contributed by atoms with van der Waals surface area (Å²) in [5.41, 5.74) is 0.859. The maximum Gasteiger partial charge on any atom is 0.334 e. The van der Waals surface area contributed by atoms with Crippen LogP contribution in [0.1, 0.15) is 18.9 Å². The number of halogens is 1. The van der Waals surface area contributed by atoms with E-state index in [1.807, 2.05) is 22.6 Å². The monoisotopic (exact) mass is 389 g/mol. The summed E-state index contributed by atoms with van der Waals surface area (Å²) in [6.07, 6.45) is 1.93. The number of hydrogen-bond acceptors (Lipinski definition) is 5. The highest BCUT2D eigenvalue weighted by Gasteiger charge is 2.27. The molecule has 0 bridgehead atoms. The first-order chi connectivity index (χ1) is 9.52. The zero-order valence-corrected chi connectivity index (χ0v) is 12.8. The van der Waals surface area contributed by atoms with Gasteiger partial charge in [-0.25, -0.2) is 4.79 Å². The minimum Gasteiger partial charge on any atom is -0.472 e. The van der Waals surface area contributed by atoms with Crippen LogP contribution in [0.3, 0.4) is 0 Å². The van der Waals surface area contributed by atoms with Crippen LogP contribution in [-0.2, 0) is 9.53 Å². The van der Waals surface area contributed by atoms with Gasteiger partial charge in [0, 0.05) is 23.6 Å². The Kier molecular flexibility index (Phi) is 4.58. The third-order valence-corrected chi connectivity index (χ3v) is 3.41. The molecule has 0 saturated heterocycles. The molecular formula is C13H12INO5. The van der Waals surface area contributed by atoms with Crippen molar-refractivity contribution in [3.63, 3.8) is 0 Å². The van der Waals surface area contributed by atoms with Gasteiger partial charge in [0.1, 0.15) is 0 Å². The molecule has 0 saturated carbocycles. The zero-order valence-electron chi connectivity index (χ0n) is 10.7. The van der Waals surface area contributed by atoms with Crippen molar-refractivity contribution < 1.29 is 19.2 Å². The van der Waals surface area contributed by atoms with Gasteiger partial charge in [0.15, 0.2) is 4.11 Å². The van der Waals surface area contributed by atoms with Crippen molar-refractivity contribution in [2.45, 2.75) is 17.5 Å². The Hall–Kier alpha value is -1.64. The van der Waals surface area contributed by atoms with Crippen LogP contribution in [0.5, 0.6) is 5.75 Å². The molecule has 0 aliphatic carbocycles. The lowest BCUT2D eigenvalue weighted by Crippen LogP contribution is -2.14. The number of carbonyl (C=O) groups is 1. The third-order valence-electron chi connectivity index (χ3n) is 2.71. The second-order valence-electron chi connectivity index (χ2n) is 4.07. The van der Waals surface area contributed by atoms with E-state index < -0.39 is 10.9 Å². The molecule has 7 heteroatoms. The molecule has 1 heterocycles. The summed E-state index contributed by atoms with van der Waals surface area (Å²) in [5, 5.41) is 11.0. The molecule has 1 unspecified atom stereocenters. The molecule has 20 heavy (non-hydrogen) atoms. The fraction of sp³-hybridized carbons (Fsp3) is 0.308. The number of hydrogen-bond donors (Lipinski definition) is 0. The molecule has 0 spiro atoms. The number of nitrogens with zero attached hydrogens (tertiary/aromatic N) is 1. The van der Waals surface area contributed by atoms with E-state index in [2.05, 4.69) is 0 Å². The van der Waals surface area contributed by atoms with Crippen molar-refractivity contribution in [1.82, 2.24) is 0 Å². The minimum absolute atomic E-state index is 0.106. The van der Waals surface area contributed by atoms with Crippen LogP contribution in [0, 0.1) is 10.1 Å². The number of rotatable bonds is 3. The summed E-state index contributed by atoms with van der Waals surface area (Å²) >= 11 is 2.00. The van der Waals surface area contributed by atoms with Gasteiger partial charge in [-0.1, -0.05) is 12.1 Å². The van der Waals surface area contributed by atoms with Crippen molar-refractivity contribution in [2.24, 2.45) is 0 Å². The fourth-order valence-electron chi connectivity index (χ4n) is 1.88. The van der Waals surface area contributed by atoms with Crippen molar-refractivity contribution in [1.29, 1.82) is 0 Å². The molecule has 0 aromatic heterocycles. The highest BCUT2D eigenvalue weighted by Crippen LogP contribution is 2.37. The topological polar surface area (TPSA) is 78.7 Å². The highest BCUT2D eigenvalue weighted by molar-refractivity contribution is 14.1. The quantitative estimate of drug-likeness (QED) is 0.261. The second-order valence-corrected chi connectivity index (χ2v) is 5.46. The smallest absolute Gasteiger partial charge is 0.334 e. The van der Waals surface area contributed by atoms with Crippen LogP contribution in [-0.4, -0.2) is 21.6 Å². The first-order valence-corrected chi connectivity index (χ1v) is 7.23. The summed E-state index contributed by atoms with van der Waals surface area (Å²) in [4.78, 5) is 22.4. The average Bonchev–Trinajstić information content (AvgIpc) is 2.56. The van der Waals surface area contributed by atoms with Gasteiger partial charge < -0.3 is 9.47 Å². The van der Waals surface area contributed by atoms with Gasteiger partial charge in [0.05, 0.1) is 11.5 Å². The van der Waals surface area contributed by atoms with Crippen LogP contribution in [0.25, 0.3) is 6.08 Å². The maximum absolute atomic E-state index is 11.8. The SMILES string of the molecule is CCOC(=O)C1=Cc2cccc([N+](=O)[O-])c2OC(I)C1. The Morgan fingerprint density at radius 1 is 1.60 bits per heavy atom. The van der Waals surface area contributed by atoms with Crippen LogP contribution >= 0.6 is 22.6 Å². The van der Waals surface area contributed by atoms with E-state index >= 15 is 0 Å². The first-order valence-electron chi connectivity index (χ1n) is 5.98. The van der Waals surface area contributed by atoms with Crippen LogP contribution < -0.4 is 4.74 Å². The zero-order chi connectivity index (χ0) is 14.7. The van der Waals surface area contributed by atoms with Gasteiger partial charge in [-0.3, -0.25) is 10.1 Å². The average molecular weight is 389 g/mol. The lowest BCUT2D eigenvalue weighted by molar-refractivity contribution is -0.385. The molecule has 1 aliphatic rings. The molecule has 0 fully saturated rings. The van der Waals surface area contributed by atoms with E-state index in [1.165, 1.54) is 6.07 Å². The predicted molar refractivity (Wildman–Crippen MR) is 80.8 cm³/mol. The number of para-hydroxylation sites is 1. The number of fused-ring (bicyclic) bond motifs is 1. The maximum atomic E-state index is 11.8. The Labute approximate surface area is 129 Å². The van der Waals surface area contributed by atoms with Gasteiger partial charge in [0.25, 0.3) is 0 Å². The predicted octanol–water partition coefficient (Wildman–Crippen LogP) is 3.08. The van der Waals surface area contributed by atoms with Gasteiger partial charge in [0.2, 0.25) is 5.75 Å². The van der Waals surface area contributed by atoms with Crippen molar-refractivity contribution >= 4 is 40.3 Å². The van der Waals surface area contributed by atoms with Crippen LogP contribution in [0.4, 0.5) is 5.69 Å². The second kappa shape index (κ2) is 6.21. The summed E-state index contributed by atoms with van der Waals surface area (Å²) in [7, 11) is 0. The molecule has 0 radical (unpaired) electrons. The molecule has 1 aromatic carbocycles. The summed E-state index contributed by atoms with van der Waals surface area (Å²) in [6.45, 7) is 2.01. The van der Waals surface area contributed by atoms with E-state index in [1.54, 1.807) is 25.1 Å². The number of ether oxygens (including phenoxy) is 2. The molecule has 1 aliphatic heterocycles. The number of nitro benzene ring substituents is 1. The van der Waals surface area contributed by atoms with Crippen molar-refractivity contribution in [3.05, 3.63) is 39.4 Å². The van der Waals surface area contributed by atoms with Crippen molar-refractivity contribution in [3.8, 4) is 5.75 Å². The number of alkyl halides is 1. The van der Waals surface area contributed by atoms with Gasteiger partial charge >= 0.3 is 11.7 Å². The third kappa shape index (κ3) is 3.09. The first kappa shape index (κ1) is 14.8. The van der Waals surface area contributed by atoms with Gasteiger partial charge in [-0.2, -0.15) is 0 Å². The normalized spacial score (nSPS) is 17.3. The van der Waals surface area contributed by atoms with Gasteiger partial charge in [-0.05, 0) is 35.6 Å². The largest absolute Gasteiger partial charge is 0.472 e. The number of carbonyl (C=O) groups excluding carboxylic acids is 1. The molecule has 0 N–H and O–H groups in total. The van der Waals surface area contributed by atoms with Gasteiger partial charge in [-0.15, -0.1) is 0 Å². The summed E-state index contributed by atoms with van der Waals surface area (Å²) in [6, 6.07) is 4.62. The Bertz CT molecular complexity index is 584. The van der Waals surface area contributed by atoms with Crippen LogP contribution in [0.2, 0.25) is 0 Å². The lowest BCUT2D eigenvalue weighted by atomic mass is 10.1. The molecule has 106 valence electrons. The summed E-state index contributed by atoms with van der Waals surface area (Å²) < 4.78 is 10.2. The Morgan fingerprint density at radius 3 is 3.00 bits per heavy atom. The molecule has 1 atom stereocenters. The minimum atomic E-state index is -0.495. The van der Waals surface area contributed by atoms with E-state index in [0.29, 0.717) is 17.6 Å². The number of esters is 1. The Morgan fingerprint density at radius 2 is 2.35 bits per heavy atom.